The van der Waals surface area contributed by atoms with E-state index in [1.54, 1.807) is 6.07 Å². The third-order valence-corrected chi connectivity index (χ3v) is 5.49. The second kappa shape index (κ2) is 9.32. The highest BCUT2D eigenvalue weighted by Crippen LogP contribution is 2.32. The van der Waals surface area contributed by atoms with E-state index in [4.69, 9.17) is 0 Å². The highest BCUT2D eigenvalue weighted by molar-refractivity contribution is 5.80. The van der Waals surface area contributed by atoms with Crippen molar-refractivity contribution in [2.45, 2.75) is 50.2 Å². The van der Waals surface area contributed by atoms with E-state index in [0.29, 0.717) is 25.7 Å². The second-order valence-electron chi connectivity index (χ2n) is 7.75. The number of carbonyl (C=O) groups is 2. The van der Waals surface area contributed by atoms with Crippen LogP contribution in [-0.2, 0) is 28.6 Å². The average molecular weight is 418 g/mol. The molecule has 1 atom stereocenters. The van der Waals surface area contributed by atoms with Gasteiger partial charge in [-0.1, -0.05) is 48.5 Å². The molecule has 4 nitrogen and oxygen atoms in total. The first-order valence-corrected chi connectivity index (χ1v) is 10.0. The predicted octanol–water partition coefficient (Wildman–Crippen LogP) is 4.04. The number of benzene rings is 2. The average Bonchev–Trinajstić information content (AvgIpc) is 3.07. The molecule has 2 aromatic rings. The van der Waals surface area contributed by atoms with Gasteiger partial charge in [-0.15, -0.1) is 0 Å². The zero-order valence-electron chi connectivity index (χ0n) is 16.6. The van der Waals surface area contributed by atoms with Crippen LogP contribution in [0.1, 0.15) is 42.4 Å². The van der Waals surface area contributed by atoms with Gasteiger partial charge in [0.15, 0.2) is 0 Å². The van der Waals surface area contributed by atoms with Crippen molar-refractivity contribution in [3.63, 3.8) is 0 Å². The van der Waals surface area contributed by atoms with Crippen LogP contribution in [0.15, 0.2) is 54.6 Å². The molecule has 1 heterocycles. The van der Waals surface area contributed by atoms with Crippen LogP contribution >= 0.6 is 0 Å². The lowest BCUT2D eigenvalue weighted by molar-refractivity contribution is -0.138. The highest BCUT2D eigenvalue weighted by atomic mass is 19.4. The monoisotopic (exact) mass is 418 g/mol. The van der Waals surface area contributed by atoms with Crippen LogP contribution < -0.4 is 10.6 Å². The Morgan fingerprint density at radius 3 is 2.43 bits per heavy atom. The number of amides is 2. The lowest BCUT2D eigenvalue weighted by atomic mass is 9.85. The largest absolute Gasteiger partial charge is 0.416 e. The van der Waals surface area contributed by atoms with Gasteiger partial charge in [0.1, 0.15) is 0 Å². The quantitative estimate of drug-likeness (QED) is 0.680. The van der Waals surface area contributed by atoms with Crippen molar-refractivity contribution in [2.24, 2.45) is 0 Å². The molecule has 30 heavy (non-hydrogen) atoms. The third-order valence-electron chi connectivity index (χ3n) is 5.49. The molecule has 3 rings (SSSR count). The van der Waals surface area contributed by atoms with Gasteiger partial charge in [0.25, 0.3) is 0 Å². The van der Waals surface area contributed by atoms with Crippen molar-refractivity contribution < 1.29 is 22.8 Å². The van der Waals surface area contributed by atoms with Crippen LogP contribution in [0.3, 0.4) is 0 Å². The fraction of sp³-hybridized carbons (Fsp3) is 0.391. The van der Waals surface area contributed by atoms with E-state index in [9.17, 15) is 22.8 Å². The van der Waals surface area contributed by atoms with Crippen molar-refractivity contribution in [3.05, 3.63) is 71.3 Å². The van der Waals surface area contributed by atoms with Gasteiger partial charge in [0.05, 0.1) is 5.56 Å². The van der Waals surface area contributed by atoms with Gasteiger partial charge in [0, 0.05) is 24.9 Å². The van der Waals surface area contributed by atoms with Gasteiger partial charge in [-0.2, -0.15) is 13.2 Å². The smallest absolute Gasteiger partial charge is 0.356 e. The Hall–Kier alpha value is -2.83. The first kappa shape index (κ1) is 21.9. The number of rotatable bonds is 8. The fourth-order valence-corrected chi connectivity index (χ4v) is 3.96. The summed E-state index contributed by atoms with van der Waals surface area (Å²) in [6.45, 7) is 0.129. The van der Waals surface area contributed by atoms with E-state index >= 15 is 0 Å². The first-order valence-electron chi connectivity index (χ1n) is 10.0. The van der Waals surface area contributed by atoms with Crippen LogP contribution in [-0.4, -0.2) is 23.9 Å². The van der Waals surface area contributed by atoms with Gasteiger partial charge < -0.3 is 10.6 Å². The molecule has 160 valence electrons. The van der Waals surface area contributed by atoms with Crippen molar-refractivity contribution in [2.75, 3.05) is 6.54 Å². The van der Waals surface area contributed by atoms with E-state index in [0.717, 1.165) is 11.6 Å². The summed E-state index contributed by atoms with van der Waals surface area (Å²) in [5.74, 6) is -0.247. The highest BCUT2D eigenvalue weighted by Gasteiger charge is 2.38. The van der Waals surface area contributed by atoms with E-state index in [-0.39, 0.29) is 36.8 Å². The minimum Gasteiger partial charge on any atom is -0.356 e. The summed E-state index contributed by atoms with van der Waals surface area (Å²) in [7, 11) is 0. The molecule has 2 amide bonds. The second-order valence-corrected chi connectivity index (χ2v) is 7.75. The Balaban J connectivity index is 1.53. The molecule has 0 aromatic heterocycles. The summed E-state index contributed by atoms with van der Waals surface area (Å²) >= 11 is 0. The summed E-state index contributed by atoms with van der Waals surface area (Å²) in [4.78, 5) is 24.1. The van der Waals surface area contributed by atoms with Gasteiger partial charge in [-0.3, -0.25) is 9.59 Å². The minimum atomic E-state index is -4.41. The Morgan fingerprint density at radius 2 is 1.77 bits per heavy atom. The van der Waals surface area contributed by atoms with Crippen LogP contribution in [0, 0.1) is 0 Å². The van der Waals surface area contributed by atoms with Gasteiger partial charge in [0.2, 0.25) is 11.8 Å². The maximum absolute atomic E-state index is 13.1. The number of hydrogen-bond acceptors (Lipinski definition) is 2. The molecule has 1 saturated heterocycles. The molecule has 0 radical (unpaired) electrons. The summed E-state index contributed by atoms with van der Waals surface area (Å²) in [6.07, 6.45) is -1.88. The van der Waals surface area contributed by atoms with Crippen molar-refractivity contribution in [1.29, 1.82) is 0 Å². The first-order chi connectivity index (χ1) is 14.3. The van der Waals surface area contributed by atoms with Gasteiger partial charge in [-0.05, 0) is 42.9 Å². The Labute approximate surface area is 173 Å². The summed E-state index contributed by atoms with van der Waals surface area (Å²) < 4.78 is 39.2. The van der Waals surface area contributed by atoms with Crippen molar-refractivity contribution in [1.82, 2.24) is 10.6 Å². The SMILES string of the molecule is O=C(CCC1(Cc2ccccc2)CCC(=O)N1)NCCc1ccccc1C(F)(F)F. The molecule has 1 aliphatic heterocycles. The lowest BCUT2D eigenvalue weighted by Gasteiger charge is -2.29. The molecule has 1 aliphatic rings. The van der Waals surface area contributed by atoms with Gasteiger partial charge in [-0.25, -0.2) is 0 Å². The molecular weight excluding hydrogens is 393 g/mol. The lowest BCUT2D eigenvalue weighted by Crippen LogP contribution is -2.44. The maximum atomic E-state index is 13.1. The topological polar surface area (TPSA) is 58.2 Å². The van der Waals surface area contributed by atoms with E-state index in [1.165, 1.54) is 12.1 Å². The molecule has 0 saturated carbocycles. The van der Waals surface area contributed by atoms with Crippen molar-refractivity contribution >= 4 is 11.8 Å². The minimum absolute atomic E-state index is 0.0184. The van der Waals surface area contributed by atoms with E-state index < -0.39 is 17.3 Å². The molecule has 0 bridgehead atoms. The van der Waals surface area contributed by atoms with Crippen LogP contribution in [0.5, 0.6) is 0 Å². The molecule has 2 aromatic carbocycles. The number of alkyl halides is 3. The maximum Gasteiger partial charge on any atom is 0.416 e. The number of carbonyl (C=O) groups excluding carboxylic acids is 2. The van der Waals surface area contributed by atoms with E-state index in [1.807, 2.05) is 30.3 Å². The van der Waals surface area contributed by atoms with E-state index in [2.05, 4.69) is 10.6 Å². The van der Waals surface area contributed by atoms with Crippen molar-refractivity contribution in [3.8, 4) is 0 Å². The Bertz CT molecular complexity index is 884. The number of nitrogens with one attached hydrogen (secondary N) is 2. The molecule has 2 N–H and O–H groups in total. The van der Waals surface area contributed by atoms with Crippen LogP contribution in [0.4, 0.5) is 13.2 Å². The molecule has 0 spiro atoms. The number of halogens is 3. The Kier molecular flexibility index (Phi) is 6.80. The number of hydrogen-bond donors (Lipinski definition) is 2. The molecule has 1 unspecified atom stereocenters. The van der Waals surface area contributed by atoms with Crippen LogP contribution in [0.2, 0.25) is 0 Å². The fourth-order valence-electron chi connectivity index (χ4n) is 3.96. The zero-order chi connectivity index (χ0) is 21.6. The normalized spacial score (nSPS) is 18.8. The molecular formula is C23H25F3N2O2. The third kappa shape index (κ3) is 5.84. The van der Waals surface area contributed by atoms with Gasteiger partial charge >= 0.3 is 6.18 Å². The molecule has 1 fully saturated rings. The summed E-state index contributed by atoms with van der Waals surface area (Å²) in [5, 5.41) is 5.74. The summed E-state index contributed by atoms with van der Waals surface area (Å²) in [5.41, 5.74) is 0.117. The molecule has 7 heteroatoms. The standard InChI is InChI=1S/C23H25F3N2O2/c24-23(25,26)19-9-5-4-8-18(19)12-15-27-20(29)10-13-22(14-11-21(30)28-22)16-17-6-2-1-3-7-17/h1-9H,10-16H2,(H,27,29)(H,28,30). The summed E-state index contributed by atoms with van der Waals surface area (Å²) in [6, 6.07) is 15.2. The van der Waals surface area contributed by atoms with Crippen LogP contribution in [0.25, 0.3) is 0 Å². The zero-order valence-corrected chi connectivity index (χ0v) is 16.6. The Morgan fingerprint density at radius 1 is 1.07 bits per heavy atom. The molecule has 0 aliphatic carbocycles. The predicted molar refractivity (Wildman–Crippen MR) is 108 cm³/mol.